The van der Waals surface area contributed by atoms with Crippen molar-refractivity contribution in [1.82, 2.24) is 9.97 Å². The van der Waals surface area contributed by atoms with Gasteiger partial charge in [-0.25, -0.2) is 9.97 Å². The Hall–Kier alpha value is -0.460. The van der Waals surface area contributed by atoms with Crippen molar-refractivity contribution in [1.29, 1.82) is 0 Å². The number of hydrogen-bond donors (Lipinski definition) is 1. The second kappa shape index (κ2) is 5.27. The maximum atomic E-state index is 6.04. The van der Waals surface area contributed by atoms with Crippen molar-refractivity contribution in [3.05, 3.63) is 25.6 Å². The second-order valence-corrected chi connectivity index (χ2v) is 7.54. The van der Waals surface area contributed by atoms with Gasteiger partial charge in [0.15, 0.2) is 5.82 Å². The zero-order valence-electron chi connectivity index (χ0n) is 10.3. The topological polar surface area (TPSA) is 51.8 Å². The fourth-order valence-electron chi connectivity index (χ4n) is 1.88. The van der Waals surface area contributed by atoms with E-state index in [-0.39, 0.29) is 0 Å². The predicted molar refractivity (Wildman–Crippen MR) is 84.0 cm³/mol. The molecule has 18 heavy (non-hydrogen) atoms. The van der Waals surface area contributed by atoms with Gasteiger partial charge in [0.2, 0.25) is 0 Å². The van der Waals surface area contributed by atoms with Gasteiger partial charge in [-0.15, -0.1) is 11.3 Å². The lowest BCUT2D eigenvalue weighted by Crippen LogP contribution is -2.06. The number of anilines is 1. The van der Waals surface area contributed by atoms with E-state index in [2.05, 4.69) is 55.7 Å². The van der Waals surface area contributed by atoms with Gasteiger partial charge in [-0.3, -0.25) is 0 Å². The van der Waals surface area contributed by atoms with Crippen LogP contribution in [0.1, 0.15) is 31.0 Å². The van der Waals surface area contributed by atoms with E-state index in [9.17, 15) is 0 Å². The van der Waals surface area contributed by atoms with Crippen LogP contribution in [0.3, 0.4) is 0 Å². The molecule has 0 atom stereocenters. The third-order valence-corrected chi connectivity index (χ3v) is 5.86. The van der Waals surface area contributed by atoms with Crippen LogP contribution in [-0.2, 0) is 0 Å². The molecule has 2 heterocycles. The minimum Gasteiger partial charge on any atom is -0.383 e. The van der Waals surface area contributed by atoms with Crippen LogP contribution >= 0.6 is 43.2 Å². The summed E-state index contributed by atoms with van der Waals surface area (Å²) in [5.41, 5.74) is 8.02. The first-order chi connectivity index (χ1) is 8.40. The zero-order chi connectivity index (χ0) is 13.4. The highest BCUT2D eigenvalue weighted by Crippen LogP contribution is 2.37. The first kappa shape index (κ1) is 14.0. The Kier molecular flexibility index (Phi) is 4.08. The Balaban J connectivity index is 2.54. The quantitative estimate of drug-likeness (QED) is 0.805. The largest absolute Gasteiger partial charge is 0.383 e. The van der Waals surface area contributed by atoms with Gasteiger partial charge in [0.05, 0.1) is 8.66 Å². The number of nitrogens with zero attached hydrogens (tertiary/aromatic N) is 2. The van der Waals surface area contributed by atoms with Crippen molar-refractivity contribution in [3.8, 4) is 10.7 Å². The molecule has 3 nitrogen and oxygen atoms in total. The molecule has 0 bridgehead atoms. The molecule has 0 aliphatic rings. The summed E-state index contributed by atoms with van der Waals surface area (Å²) < 4.78 is 2.04. The lowest BCUT2D eigenvalue weighted by molar-refractivity contribution is 0.836. The Morgan fingerprint density at radius 1 is 1.28 bits per heavy atom. The lowest BCUT2D eigenvalue weighted by Gasteiger charge is -2.12. The number of thiophene rings is 1. The maximum absolute atomic E-state index is 6.04. The molecule has 0 spiro atoms. The van der Waals surface area contributed by atoms with E-state index in [1.54, 1.807) is 11.3 Å². The Bertz CT molecular complexity index is 550. The van der Waals surface area contributed by atoms with E-state index >= 15 is 0 Å². The van der Waals surface area contributed by atoms with E-state index in [0.29, 0.717) is 17.6 Å². The molecule has 0 aliphatic heterocycles. The highest BCUT2D eigenvalue weighted by Gasteiger charge is 2.15. The summed E-state index contributed by atoms with van der Waals surface area (Å²) in [4.78, 5) is 9.97. The van der Waals surface area contributed by atoms with Crippen LogP contribution in [-0.4, -0.2) is 9.97 Å². The molecule has 0 saturated carbocycles. The molecule has 2 aromatic heterocycles. The van der Waals surface area contributed by atoms with Gasteiger partial charge in [-0.05, 0) is 50.8 Å². The van der Waals surface area contributed by atoms with Crippen LogP contribution in [0.4, 0.5) is 5.82 Å². The number of hydrogen-bond acceptors (Lipinski definition) is 4. The zero-order valence-corrected chi connectivity index (χ0v) is 14.3. The number of halogens is 2. The van der Waals surface area contributed by atoms with Gasteiger partial charge in [-0.2, -0.15) is 0 Å². The molecule has 2 aromatic rings. The summed E-state index contributed by atoms with van der Waals surface area (Å²) in [5.74, 6) is 1.60. The van der Waals surface area contributed by atoms with Crippen LogP contribution in [0.15, 0.2) is 14.3 Å². The molecule has 0 aliphatic carbocycles. The molecule has 0 unspecified atom stereocenters. The molecular weight excluding hydrogens is 378 g/mol. The van der Waals surface area contributed by atoms with E-state index in [1.165, 1.54) is 0 Å². The lowest BCUT2D eigenvalue weighted by atomic mass is 10.0. The molecule has 0 aromatic carbocycles. The number of nitrogens with two attached hydrogens (primary N) is 1. The van der Waals surface area contributed by atoms with Crippen molar-refractivity contribution in [3.63, 3.8) is 0 Å². The fourth-order valence-corrected chi connectivity index (χ4v) is 3.85. The molecule has 6 heteroatoms. The summed E-state index contributed by atoms with van der Waals surface area (Å²) in [6, 6.07) is 2.00. The van der Waals surface area contributed by atoms with Gasteiger partial charge in [0.25, 0.3) is 0 Å². The molecule has 2 rings (SSSR count). The molecular formula is C12H13Br2N3S. The number of nitrogen functional groups attached to an aromatic ring is 1. The minimum atomic E-state index is 0.334. The van der Waals surface area contributed by atoms with Crippen molar-refractivity contribution >= 4 is 49.0 Å². The molecule has 96 valence electrons. The number of aryl methyl sites for hydroxylation is 1. The summed E-state index contributed by atoms with van der Waals surface area (Å²) in [6.45, 7) is 6.18. The van der Waals surface area contributed by atoms with Crippen molar-refractivity contribution < 1.29 is 0 Å². The number of aromatic nitrogens is 2. The maximum Gasteiger partial charge on any atom is 0.171 e. The van der Waals surface area contributed by atoms with E-state index in [1.807, 2.05) is 13.0 Å². The summed E-state index contributed by atoms with van der Waals surface area (Å²) >= 11 is 8.53. The Morgan fingerprint density at radius 2 is 1.94 bits per heavy atom. The van der Waals surface area contributed by atoms with Crippen molar-refractivity contribution in [2.75, 3.05) is 5.73 Å². The predicted octanol–water partition coefficient (Wildman–Crippen LogP) is 4.74. The molecule has 0 radical (unpaired) electrons. The van der Waals surface area contributed by atoms with Crippen LogP contribution in [0, 0.1) is 6.92 Å². The molecule has 0 amide bonds. The second-order valence-electron chi connectivity index (χ2n) is 4.32. The molecule has 2 N–H and O–H groups in total. The SMILES string of the molecule is Cc1nc(-c2cc(Br)c(Br)s2)nc(N)c1C(C)C. The highest BCUT2D eigenvalue weighted by molar-refractivity contribution is 9.13. The van der Waals surface area contributed by atoms with Gasteiger partial charge >= 0.3 is 0 Å². The first-order valence-corrected chi connectivity index (χ1v) is 7.89. The van der Waals surface area contributed by atoms with Crippen LogP contribution in [0.25, 0.3) is 10.7 Å². The average molecular weight is 391 g/mol. The van der Waals surface area contributed by atoms with E-state index in [4.69, 9.17) is 5.73 Å². The summed E-state index contributed by atoms with van der Waals surface area (Å²) in [5, 5.41) is 0. The van der Waals surface area contributed by atoms with Gasteiger partial charge in [0.1, 0.15) is 5.82 Å². The highest BCUT2D eigenvalue weighted by atomic mass is 79.9. The first-order valence-electron chi connectivity index (χ1n) is 5.49. The third-order valence-electron chi connectivity index (χ3n) is 2.61. The standard InChI is InChI=1S/C12H13Br2N3S/c1-5(2)9-6(3)16-12(17-11(9)15)8-4-7(13)10(14)18-8/h4-5H,1-3H3,(H2,15,16,17). The Morgan fingerprint density at radius 3 is 2.39 bits per heavy atom. The van der Waals surface area contributed by atoms with Crippen LogP contribution < -0.4 is 5.73 Å². The normalized spacial score (nSPS) is 11.2. The molecule has 0 fully saturated rings. The number of rotatable bonds is 2. The van der Waals surface area contributed by atoms with Crippen molar-refractivity contribution in [2.24, 2.45) is 0 Å². The monoisotopic (exact) mass is 389 g/mol. The fraction of sp³-hybridized carbons (Fsp3) is 0.333. The molecule has 0 saturated heterocycles. The van der Waals surface area contributed by atoms with Gasteiger partial charge in [0, 0.05) is 15.7 Å². The minimum absolute atomic E-state index is 0.334. The van der Waals surface area contributed by atoms with Gasteiger partial charge in [-0.1, -0.05) is 13.8 Å². The van der Waals surface area contributed by atoms with Gasteiger partial charge < -0.3 is 5.73 Å². The van der Waals surface area contributed by atoms with Crippen molar-refractivity contribution in [2.45, 2.75) is 26.7 Å². The average Bonchev–Trinajstić information content (AvgIpc) is 2.57. The summed E-state index contributed by atoms with van der Waals surface area (Å²) in [7, 11) is 0. The Labute approximate surface area is 127 Å². The third kappa shape index (κ3) is 2.60. The smallest absolute Gasteiger partial charge is 0.171 e. The van der Waals surface area contributed by atoms with Crippen LogP contribution in [0.2, 0.25) is 0 Å². The van der Waals surface area contributed by atoms with E-state index < -0.39 is 0 Å². The van der Waals surface area contributed by atoms with Crippen LogP contribution in [0.5, 0.6) is 0 Å². The summed E-state index contributed by atoms with van der Waals surface area (Å²) in [6.07, 6.45) is 0. The van der Waals surface area contributed by atoms with E-state index in [0.717, 1.165) is 24.4 Å².